The topological polar surface area (TPSA) is 107 Å². The van der Waals surface area contributed by atoms with E-state index in [0.717, 1.165) is 11.8 Å². The summed E-state index contributed by atoms with van der Waals surface area (Å²) >= 11 is 7.01. The number of aromatic nitrogens is 4. The molecule has 9 heteroatoms. The lowest BCUT2D eigenvalue weighted by Gasteiger charge is -2.06. The fourth-order valence-corrected chi connectivity index (χ4v) is 2.19. The molecule has 0 radical (unpaired) electrons. The number of rotatable bonds is 2. The van der Waals surface area contributed by atoms with Gasteiger partial charge in [-0.15, -0.1) is 0 Å². The number of aryl methyl sites for hydroxylation is 1. The minimum absolute atomic E-state index is 0.277. The molecule has 2 aromatic heterocycles. The molecule has 2 aromatic rings. The monoisotopic (exact) mass is 285 g/mol. The van der Waals surface area contributed by atoms with Crippen LogP contribution in [0.5, 0.6) is 0 Å². The number of nitrogens with zero attached hydrogens (tertiary/aromatic N) is 3. The molecule has 0 atom stereocenters. The van der Waals surface area contributed by atoms with Crippen molar-refractivity contribution < 1.29 is 0 Å². The standard InChI is InChI=1S/C9H8ClN5O2S/c1-15-9(13-6(16)7(17)14-15)18-8-5(10)2-4(11)3-12-8/h2-3H,11H2,1H3,(H,14,17). The van der Waals surface area contributed by atoms with E-state index < -0.39 is 11.1 Å². The van der Waals surface area contributed by atoms with Crippen molar-refractivity contribution in [1.29, 1.82) is 0 Å². The predicted molar refractivity (Wildman–Crippen MR) is 67.9 cm³/mol. The maximum Gasteiger partial charge on any atom is 0.339 e. The molecule has 0 saturated heterocycles. The van der Waals surface area contributed by atoms with E-state index in [1.165, 1.54) is 10.9 Å². The van der Waals surface area contributed by atoms with Gasteiger partial charge in [0.25, 0.3) is 0 Å². The van der Waals surface area contributed by atoms with E-state index in [4.69, 9.17) is 17.3 Å². The first-order chi connectivity index (χ1) is 8.47. The number of hydrogen-bond acceptors (Lipinski definition) is 6. The summed E-state index contributed by atoms with van der Waals surface area (Å²) < 4.78 is 1.32. The molecular formula is C9H8ClN5O2S. The smallest absolute Gasteiger partial charge is 0.339 e. The minimum atomic E-state index is -0.859. The molecule has 2 rings (SSSR count). The number of hydrogen-bond donors (Lipinski definition) is 2. The van der Waals surface area contributed by atoms with Crippen LogP contribution in [0, 0.1) is 0 Å². The van der Waals surface area contributed by atoms with Gasteiger partial charge in [-0.25, -0.2) is 4.98 Å². The maximum absolute atomic E-state index is 11.2. The molecule has 0 aliphatic heterocycles. The zero-order valence-corrected chi connectivity index (χ0v) is 10.7. The van der Waals surface area contributed by atoms with Crippen molar-refractivity contribution in [2.75, 3.05) is 5.73 Å². The van der Waals surface area contributed by atoms with Gasteiger partial charge in [-0.05, 0) is 17.8 Å². The molecule has 18 heavy (non-hydrogen) atoms. The summed E-state index contributed by atoms with van der Waals surface area (Å²) in [7, 11) is 1.56. The average Bonchev–Trinajstić information content (AvgIpc) is 2.29. The number of anilines is 1. The number of nitrogens with one attached hydrogen (secondary N) is 1. The first-order valence-electron chi connectivity index (χ1n) is 4.73. The highest BCUT2D eigenvalue weighted by molar-refractivity contribution is 7.99. The SMILES string of the molecule is Cn1[nH]c(=O)c(=O)nc1Sc1ncc(N)cc1Cl. The average molecular weight is 286 g/mol. The van der Waals surface area contributed by atoms with E-state index in [1.807, 2.05) is 0 Å². The first kappa shape index (κ1) is 12.7. The fraction of sp³-hybridized carbons (Fsp3) is 0.111. The number of halogens is 1. The van der Waals surface area contributed by atoms with E-state index in [0.29, 0.717) is 15.7 Å². The molecule has 0 unspecified atom stereocenters. The van der Waals surface area contributed by atoms with Crippen LogP contribution in [0.2, 0.25) is 5.02 Å². The van der Waals surface area contributed by atoms with Crippen molar-refractivity contribution in [2.24, 2.45) is 7.05 Å². The summed E-state index contributed by atoms with van der Waals surface area (Å²) in [6, 6.07) is 1.54. The Morgan fingerprint density at radius 1 is 1.50 bits per heavy atom. The molecule has 0 fully saturated rings. The Labute approximate surface area is 110 Å². The van der Waals surface area contributed by atoms with Gasteiger partial charge in [0.2, 0.25) is 0 Å². The molecule has 2 heterocycles. The van der Waals surface area contributed by atoms with E-state index in [2.05, 4.69) is 15.1 Å². The Morgan fingerprint density at radius 2 is 2.22 bits per heavy atom. The lowest BCUT2D eigenvalue weighted by atomic mass is 10.4. The largest absolute Gasteiger partial charge is 0.397 e. The summed E-state index contributed by atoms with van der Waals surface area (Å²) in [4.78, 5) is 29.9. The van der Waals surface area contributed by atoms with Crippen LogP contribution in [-0.4, -0.2) is 19.7 Å². The van der Waals surface area contributed by atoms with Crippen molar-refractivity contribution in [2.45, 2.75) is 10.2 Å². The number of nitrogens with two attached hydrogens (primary N) is 1. The molecule has 0 aliphatic carbocycles. The third-order valence-corrected chi connectivity index (χ3v) is 3.43. The Hall–Kier alpha value is -1.80. The van der Waals surface area contributed by atoms with Gasteiger partial charge in [-0.2, -0.15) is 4.98 Å². The molecule has 7 nitrogen and oxygen atoms in total. The normalized spacial score (nSPS) is 10.6. The third-order valence-electron chi connectivity index (χ3n) is 1.96. The van der Waals surface area contributed by atoms with Gasteiger partial charge in [0.05, 0.1) is 16.9 Å². The minimum Gasteiger partial charge on any atom is -0.397 e. The summed E-state index contributed by atoms with van der Waals surface area (Å²) in [6.45, 7) is 0. The van der Waals surface area contributed by atoms with Crippen molar-refractivity contribution in [3.63, 3.8) is 0 Å². The molecular weight excluding hydrogens is 278 g/mol. The van der Waals surface area contributed by atoms with Gasteiger partial charge in [0.1, 0.15) is 5.03 Å². The van der Waals surface area contributed by atoms with E-state index in [-0.39, 0.29) is 5.16 Å². The first-order valence-corrected chi connectivity index (χ1v) is 5.93. The fourth-order valence-electron chi connectivity index (χ4n) is 1.15. The Bertz CT molecular complexity index is 711. The van der Waals surface area contributed by atoms with Crippen LogP contribution in [0.4, 0.5) is 5.69 Å². The molecule has 3 N–H and O–H groups in total. The van der Waals surface area contributed by atoms with Gasteiger partial charge in [-0.1, -0.05) is 11.6 Å². The molecule has 0 aliphatic rings. The van der Waals surface area contributed by atoms with E-state index in [9.17, 15) is 9.59 Å². The van der Waals surface area contributed by atoms with Crippen LogP contribution in [0.3, 0.4) is 0 Å². The molecule has 0 bridgehead atoms. The van der Waals surface area contributed by atoms with Crippen LogP contribution in [0.15, 0.2) is 32.0 Å². The summed E-state index contributed by atoms with van der Waals surface area (Å²) in [5.74, 6) is 0. The third kappa shape index (κ3) is 2.54. The second kappa shape index (κ2) is 4.83. The zero-order valence-electron chi connectivity index (χ0n) is 9.18. The predicted octanol–water partition coefficient (Wildman–Crippen LogP) is 0.250. The van der Waals surface area contributed by atoms with Crippen LogP contribution in [0.1, 0.15) is 0 Å². The second-order valence-electron chi connectivity index (χ2n) is 3.36. The molecule has 0 amide bonds. The highest BCUT2D eigenvalue weighted by Crippen LogP contribution is 2.29. The lowest BCUT2D eigenvalue weighted by Crippen LogP contribution is -2.33. The number of pyridine rings is 1. The Balaban J connectivity index is 2.43. The summed E-state index contributed by atoms with van der Waals surface area (Å²) in [6.07, 6.45) is 1.44. The molecule has 0 saturated carbocycles. The second-order valence-corrected chi connectivity index (χ2v) is 4.72. The highest BCUT2D eigenvalue weighted by atomic mass is 35.5. The van der Waals surface area contributed by atoms with E-state index >= 15 is 0 Å². The molecule has 0 spiro atoms. The number of H-pyrrole nitrogens is 1. The Morgan fingerprint density at radius 3 is 2.89 bits per heavy atom. The van der Waals surface area contributed by atoms with Crippen molar-refractivity contribution in [1.82, 2.24) is 19.7 Å². The van der Waals surface area contributed by atoms with Crippen LogP contribution in [-0.2, 0) is 7.05 Å². The van der Waals surface area contributed by atoms with Crippen molar-refractivity contribution >= 4 is 29.1 Å². The van der Waals surface area contributed by atoms with Crippen molar-refractivity contribution in [3.05, 3.63) is 38.0 Å². The van der Waals surface area contributed by atoms with Gasteiger partial charge >= 0.3 is 11.1 Å². The Kier molecular flexibility index (Phi) is 3.39. The number of nitrogen functional groups attached to an aromatic ring is 1. The van der Waals surface area contributed by atoms with Gasteiger partial charge in [0, 0.05) is 7.05 Å². The maximum atomic E-state index is 11.2. The summed E-state index contributed by atoms with van der Waals surface area (Å²) in [5.41, 5.74) is 4.32. The zero-order chi connectivity index (χ0) is 13.3. The lowest BCUT2D eigenvalue weighted by molar-refractivity contribution is 0.596. The molecule has 0 aromatic carbocycles. The van der Waals surface area contributed by atoms with Crippen molar-refractivity contribution in [3.8, 4) is 0 Å². The van der Waals surface area contributed by atoms with Gasteiger partial charge in [-0.3, -0.25) is 19.4 Å². The quantitative estimate of drug-likeness (QED) is 0.766. The summed E-state index contributed by atoms with van der Waals surface area (Å²) in [5, 5.41) is 3.40. The van der Waals surface area contributed by atoms with Gasteiger partial charge < -0.3 is 5.73 Å². The highest BCUT2D eigenvalue weighted by Gasteiger charge is 2.10. The van der Waals surface area contributed by atoms with Crippen LogP contribution >= 0.6 is 23.4 Å². The van der Waals surface area contributed by atoms with Crippen LogP contribution in [0.25, 0.3) is 0 Å². The van der Waals surface area contributed by atoms with E-state index in [1.54, 1.807) is 13.1 Å². The van der Waals surface area contributed by atoms with Gasteiger partial charge in [0.15, 0.2) is 5.16 Å². The number of aromatic amines is 1. The molecule has 94 valence electrons. The van der Waals surface area contributed by atoms with Crippen LogP contribution < -0.4 is 16.9 Å².